The molecule has 8 heteroatoms. The van der Waals surface area contributed by atoms with Crippen molar-refractivity contribution in [1.82, 2.24) is 14.9 Å². The number of nitrogens with zero attached hydrogens (tertiary/aromatic N) is 2. The number of H-pyrrole nitrogens is 1. The van der Waals surface area contributed by atoms with Crippen molar-refractivity contribution >= 4 is 16.8 Å². The normalized spacial score (nSPS) is 14.5. The Labute approximate surface area is 179 Å². The molecule has 0 atom stereocenters. The fraction of sp³-hybridized carbons (Fsp3) is 0.348. The van der Waals surface area contributed by atoms with E-state index in [1.54, 1.807) is 43.5 Å². The number of pyridine rings is 2. The molecule has 8 nitrogen and oxygen atoms in total. The second-order valence-electron chi connectivity index (χ2n) is 7.43. The molecule has 31 heavy (non-hydrogen) atoms. The highest BCUT2D eigenvalue weighted by molar-refractivity contribution is 5.78. The highest BCUT2D eigenvalue weighted by atomic mass is 16.5. The van der Waals surface area contributed by atoms with Gasteiger partial charge in [-0.05, 0) is 37.1 Å². The van der Waals surface area contributed by atoms with Gasteiger partial charge in [-0.1, -0.05) is 12.1 Å². The summed E-state index contributed by atoms with van der Waals surface area (Å²) in [5.41, 5.74) is 1.17. The number of hydrogen-bond acceptors (Lipinski definition) is 6. The first-order valence-electron chi connectivity index (χ1n) is 10.2. The SMILES string of the molecule is COc1cccc(OC)c1OCC(=O)N1CCC(c2cc3cccnc3c(=O)[nH]2)CC1. The van der Waals surface area contributed by atoms with Gasteiger partial charge in [-0.3, -0.25) is 14.6 Å². The number of rotatable bonds is 6. The number of piperidine rings is 1. The van der Waals surface area contributed by atoms with Crippen LogP contribution >= 0.6 is 0 Å². The third kappa shape index (κ3) is 4.33. The van der Waals surface area contributed by atoms with Crippen LogP contribution in [-0.4, -0.2) is 54.7 Å². The largest absolute Gasteiger partial charge is 0.493 e. The first-order chi connectivity index (χ1) is 15.1. The predicted molar refractivity (Wildman–Crippen MR) is 116 cm³/mol. The Bertz CT molecular complexity index is 1110. The number of aromatic amines is 1. The van der Waals surface area contributed by atoms with Crippen molar-refractivity contribution < 1.29 is 19.0 Å². The summed E-state index contributed by atoms with van der Waals surface area (Å²) in [5.74, 6) is 1.54. The van der Waals surface area contributed by atoms with Crippen molar-refractivity contribution in [2.45, 2.75) is 18.8 Å². The Morgan fingerprint density at radius 3 is 2.52 bits per heavy atom. The second kappa shape index (κ2) is 9.07. The lowest BCUT2D eigenvalue weighted by molar-refractivity contribution is -0.134. The van der Waals surface area contributed by atoms with Crippen molar-refractivity contribution in [2.75, 3.05) is 33.9 Å². The lowest BCUT2D eigenvalue weighted by atomic mass is 9.92. The number of para-hydroxylation sites is 1. The van der Waals surface area contributed by atoms with Crippen molar-refractivity contribution in [1.29, 1.82) is 0 Å². The van der Waals surface area contributed by atoms with Crippen LogP contribution in [-0.2, 0) is 4.79 Å². The number of methoxy groups -OCH3 is 2. The molecule has 162 valence electrons. The number of carbonyl (C=O) groups excluding carboxylic acids is 1. The molecule has 1 aliphatic heterocycles. The molecule has 3 aromatic rings. The number of nitrogens with one attached hydrogen (secondary N) is 1. The third-order valence-corrected chi connectivity index (χ3v) is 5.63. The van der Waals surface area contributed by atoms with E-state index < -0.39 is 0 Å². The van der Waals surface area contributed by atoms with E-state index in [0.29, 0.717) is 35.9 Å². The van der Waals surface area contributed by atoms with Crippen molar-refractivity contribution in [3.8, 4) is 17.2 Å². The maximum absolute atomic E-state index is 12.7. The van der Waals surface area contributed by atoms with Gasteiger partial charge in [0, 0.05) is 36.3 Å². The van der Waals surface area contributed by atoms with E-state index in [2.05, 4.69) is 9.97 Å². The van der Waals surface area contributed by atoms with Crippen molar-refractivity contribution in [3.63, 3.8) is 0 Å². The summed E-state index contributed by atoms with van der Waals surface area (Å²) >= 11 is 0. The van der Waals surface area contributed by atoms with E-state index in [1.165, 1.54) is 0 Å². The summed E-state index contributed by atoms with van der Waals surface area (Å²) in [6.07, 6.45) is 3.15. The second-order valence-corrected chi connectivity index (χ2v) is 7.43. The first-order valence-corrected chi connectivity index (χ1v) is 10.2. The average molecular weight is 423 g/mol. The number of carbonyl (C=O) groups is 1. The van der Waals surface area contributed by atoms with Crippen molar-refractivity contribution in [2.24, 2.45) is 0 Å². The number of likely N-dealkylation sites (tertiary alicyclic amines) is 1. The average Bonchev–Trinajstić information content (AvgIpc) is 2.82. The smallest absolute Gasteiger partial charge is 0.274 e. The predicted octanol–water partition coefficient (Wildman–Crippen LogP) is 2.73. The molecule has 1 aromatic carbocycles. The van der Waals surface area contributed by atoms with Crippen LogP contribution in [0.25, 0.3) is 10.9 Å². The Balaban J connectivity index is 1.38. The van der Waals surface area contributed by atoms with E-state index in [1.807, 2.05) is 18.2 Å². The molecule has 0 spiro atoms. The van der Waals surface area contributed by atoms with Crippen LogP contribution in [0, 0.1) is 0 Å². The number of ether oxygens (including phenoxy) is 3. The van der Waals surface area contributed by atoms with E-state index in [4.69, 9.17) is 14.2 Å². The highest BCUT2D eigenvalue weighted by Gasteiger charge is 2.25. The van der Waals surface area contributed by atoms with Crippen LogP contribution in [0.15, 0.2) is 47.4 Å². The quantitative estimate of drug-likeness (QED) is 0.655. The number of aromatic nitrogens is 2. The summed E-state index contributed by atoms with van der Waals surface area (Å²) in [4.78, 5) is 33.9. The van der Waals surface area contributed by atoms with Crippen LogP contribution in [0.3, 0.4) is 0 Å². The van der Waals surface area contributed by atoms with Crippen molar-refractivity contribution in [3.05, 3.63) is 58.6 Å². The molecule has 2 aromatic heterocycles. The number of fused-ring (bicyclic) bond motifs is 1. The molecule has 0 bridgehead atoms. The standard InChI is InChI=1S/C23H25N3O5/c1-29-18-6-3-7-19(30-2)22(18)31-14-20(27)26-11-8-15(9-12-26)17-13-16-5-4-10-24-21(16)23(28)25-17/h3-7,10,13,15H,8-9,11-12,14H2,1-2H3,(H,25,28). The van der Waals surface area contributed by atoms with Gasteiger partial charge in [-0.2, -0.15) is 0 Å². The molecule has 0 aliphatic carbocycles. The minimum Gasteiger partial charge on any atom is -0.493 e. The van der Waals surface area contributed by atoms with Gasteiger partial charge in [0.05, 0.1) is 14.2 Å². The molecule has 0 radical (unpaired) electrons. The van der Waals surface area contributed by atoms with Crippen LogP contribution in [0.5, 0.6) is 17.2 Å². The number of amides is 1. The Hall–Kier alpha value is -3.55. The Kier molecular flexibility index (Phi) is 6.06. The molecule has 1 aliphatic rings. The van der Waals surface area contributed by atoms with Crippen LogP contribution in [0.4, 0.5) is 0 Å². The molecule has 0 saturated carbocycles. The van der Waals surface area contributed by atoms with Gasteiger partial charge in [-0.15, -0.1) is 0 Å². The fourth-order valence-corrected chi connectivity index (χ4v) is 3.96. The minimum absolute atomic E-state index is 0.0948. The molecule has 1 amide bonds. The van der Waals surface area contributed by atoms with Gasteiger partial charge >= 0.3 is 0 Å². The molecule has 3 heterocycles. The maximum atomic E-state index is 12.7. The maximum Gasteiger partial charge on any atom is 0.274 e. The minimum atomic E-state index is -0.175. The van der Waals surface area contributed by atoms with Gasteiger partial charge in [0.2, 0.25) is 5.75 Å². The van der Waals surface area contributed by atoms with Gasteiger partial charge in [-0.25, -0.2) is 0 Å². The van der Waals surface area contributed by atoms with E-state index in [0.717, 1.165) is 23.9 Å². The highest BCUT2D eigenvalue weighted by Crippen LogP contribution is 2.36. The summed E-state index contributed by atoms with van der Waals surface area (Å²) < 4.78 is 16.4. The number of hydrogen-bond donors (Lipinski definition) is 1. The van der Waals surface area contributed by atoms with Gasteiger partial charge in [0.25, 0.3) is 11.5 Å². The van der Waals surface area contributed by atoms with Gasteiger partial charge < -0.3 is 24.1 Å². The summed E-state index contributed by atoms with van der Waals surface area (Å²) in [6.45, 7) is 1.10. The zero-order chi connectivity index (χ0) is 21.8. The third-order valence-electron chi connectivity index (χ3n) is 5.63. The molecule has 4 rings (SSSR count). The first kappa shape index (κ1) is 20.7. The summed E-state index contributed by atoms with van der Waals surface area (Å²) in [6, 6.07) is 11.0. The molecule has 1 saturated heterocycles. The van der Waals surface area contributed by atoms with Gasteiger partial charge in [0.1, 0.15) is 5.52 Å². The Morgan fingerprint density at radius 2 is 1.84 bits per heavy atom. The monoisotopic (exact) mass is 423 g/mol. The van der Waals surface area contributed by atoms with Crippen LogP contribution in [0.1, 0.15) is 24.5 Å². The summed E-state index contributed by atoms with van der Waals surface area (Å²) in [7, 11) is 3.09. The topological polar surface area (TPSA) is 93.8 Å². The molecular weight excluding hydrogens is 398 g/mol. The van der Waals surface area contributed by atoms with E-state index in [9.17, 15) is 9.59 Å². The fourth-order valence-electron chi connectivity index (χ4n) is 3.96. The van der Waals surface area contributed by atoms with E-state index in [-0.39, 0.29) is 24.0 Å². The Morgan fingerprint density at radius 1 is 1.13 bits per heavy atom. The lowest BCUT2D eigenvalue weighted by Crippen LogP contribution is -2.40. The molecular formula is C23H25N3O5. The van der Waals surface area contributed by atoms with Crippen LogP contribution in [0.2, 0.25) is 0 Å². The van der Waals surface area contributed by atoms with Crippen LogP contribution < -0.4 is 19.8 Å². The molecule has 1 N–H and O–H groups in total. The number of benzene rings is 1. The molecule has 1 fully saturated rings. The van der Waals surface area contributed by atoms with E-state index >= 15 is 0 Å². The zero-order valence-corrected chi connectivity index (χ0v) is 17.6. The zero-order valence-electron chi connectivity index (χ0n) is 17.6. The summed E-state index contributed by atoms with van der Waals surface area (Å²) in [5, 5.41) is 0.832. The van der Waals surface area contributed by atoms with Gasteiger partial charge in [0.15, 0.2) is 18.1 Å². The lowest BCUT2D eigenvalue weighted by Gasteiger charge is -2.32. The molecule has 0 unspecified atom stereocenters.